The van der Waals surface area contributed by atoms with Crippen molar-refractivity contribution in [2.45, 2.75) is 19.9 Å². The number of aromatic nitrogens is 2. The molecule has 2 aromatic carbocycles. The van der Waals surface area contributed by atoms with Crippen molar-refractivity contribution < 1.29 is 9.32 Å². The van der Waals surface area contributed by atoms with E-state index in [-0.39, 0.29) is 36.8 Å². The molecule has 1 fully saturated rings. The minimum Gasteiger partial charge on any atom is -0.399 e. The molecule has 0 saturated carbocycles. The molecule has 0 radical (unpaired) electrons. The molecule has 1 aliphatic rings. The third-order valence-electron chi connectivity index (χ3n) is 5.39. The molecular weight excluding hydrogens is 437 g/mol. The van der Waals surface area contributed by atoms with Gasteiger partial charge in [0.1, 0.15) is 0 Å². The van der Waals surface area contributed by atoms with Crippen LogP contribution in [0.5, 0.6) is 0 Å². The fraction of sp³-hybridized carbons (Fsp3) is 0.318. The highest BCUT2D eigenvalue weighted by atomic mass is 35.5. The third-order valence-corrected chi connectivity index (χ3v) is 5.39. The first-order valence-corrected chi connectivity index (χ1v) is 9.81. The number of amides is 1. The molecule has 2 heterocycles. The topological polar surface area (TPSA) is 88.5 Å². The number of nitrogens with two attached hydrogens (primary N) is 1. The number of nitrogen functional groups attached to an aromatic ring is 1. The molecule has 1 amide bonds. The van der Waals surface area contributed by atoms with Gasteiger partial charge in [-0.05, 0) is 32.0 Å². The van der Waals surface area contributed by atoms with Crippen LogP contribution < -0.4 is 5.73 Å². The van der Waals surface area contributed by atoms with Crippen molar-refractivity contribution in [1.29, 1.82) is 0 Å². The van der Waals surface area contributed by atoms with Gasteiger partial charge in [0.2, 0.25) is 11.7 Å². The van der Waals surface area contributed by atoms with Gasteiger partial charge < -0.3 is 15.2 Å². The quantitative estimate of drug-likeness (QED) is 0.588. The SMILES string of the molecule is Cc1ccc(-c2noc(C(C)N3CCN(C(=O)c4cccc(N)c4)CC3)n2)cc1.Cl.Cl. The second-order valence-electron chi connectivity index (χ2n) is 7.45. The monoisotopic (exact) mass is 463 g/mol. The number of rotatable bonds is 4. The number of hydrogen-bond donors (Lipinski definition) is 1. The molecule has 4 rings (SSSR count). The highest BCUT2D eigenvalue weighted by molar-refractivity contribution is 5.95. The number of nitrogens with zero attached hydrogens (tertiary/aromatic N) is 4. The van der Waals surface area contributed by atoms with Gasteiger partial charge in [-0.1, -0.05) is 41.1 Å². The summed E-state index contributed by atoms with van der Waals surface area (Å²) in [7, 11) is 0. The Morgan fingerprint density at radius 1 is 1.06 bits per heavy atom. The molecule has 31 heavy (non-hydrogen) atoms. The van der Waals surface area contributed by atoms with Gasteiger partial charge in [-0.25, -0.2) is 0 Å². The van der Waals surface area contributed by atoms with Crippen LogP contribution in [0.2, 0.25) is 0 Å². The molecule has 1 aromatic heterocycles. The van der Waals surface area contributed by atoms with Crippen molar-refractivity contribution in [3.8, 4) is 11.4 Å². The summed E-state index contributed by atoms with van der Waals surface area (Å²) >= 11 is 0. The standard InChI is InChI=1S/C22H25N5O2.2ClH/c1-15-6-8-17(9-7-15)20-24-21(29-25-20)16(2)26-10-12-27(13-11-26)22(28)18-4-3-5-19(23)14-18;;/h3-9,14,16H,10-13,23H2,1-2H3;2*1H. The fourth-order valence-electron chi connectivity index (χ4n) is 3.55. The van der Waals surface area contributed by atoms with Crippen molar-refractivity contribution >= 4 is 36.4 Å². The molecule has 2 N–H and O–H groups in total. The van der Waals surface area contributed by atoms with Gasteiger partial charge in [0, 0.05) is 43.0 Å². The van der Waals surface area contributed by atoms with E-state index in [9.17, 15) is 4.79 Å². The van der Waals surface area contributed by atoms with Crippen LogP contribution in [0.1, 0.15) is 34.8 Å². The second-order valence-corrected chi connectivity index (χ2v) is 7.45. The molecular formula is C22H27Cl2N5O2. The van der Waals surface area contributed by atoms with Crippen LogP contribution in [0.3, 0.4) is 0 Å². The summed E-state index contributed by atoms with van der Waals surface area (Å²) in [5.74, 6) is 1.21. The summed E-state index contributed by atoms with van der Waals surface area (Å²) in [5, 5.41) is 4.13. The van der Waals surface area contributed by atoms with E-state index < -0.39 is 0 Å². The molecule has 0 bridgehead atoms. The Morgan fingerprint density at radius 3 is 2.39 bits per heavy atom. The van der Waals surface area contributed by atoms with Crippen molar-refractivity contribution in [3.05, 3.63) is 65.5 Å². The first-order valence-electron chi connectivity index (χ1n) is 9.81. The Kier molecular flexibility index (Phi) is 8.44. The number of carbonyl (C=O) groups is 1. The number of hydrogen-bond acceptors (Lipinski definition) is 6. The van der Waals surface area contributed by atoms with Gasteiger partial charge >= 0.3 is 0 Å². The normalized spacial score (nSPS) is 15.0. The summed E-state index contributed by atoms with van der Waals surface area (Å²) in [6.07, 6.45) is 0. The second kappa shape index (κ2) is 10.6. The van der Waals surface area contributed by atoms with Crippen LogP contribution >= 0.6 is 24.8 Å². The van der Waals surface area contributed by atoms with Crippen LogP contribution in [0.4, 0.5) is 5.69 Å². The lowest BCUT2D eigenvalue weighted by Gasteiger charge is -2.36. The average Bonchev–Trinajstić information content (AvgIpc) is 3.23. The van der Waals surface area contributed by atoms with Crippen LogP contribution in [0.25, 0.3) is 11.4 Å². The zero-order valence-electron chi connectivity index (χ0n) is 17.5. The number of carbonyl (C=O) groups excluding carboxylic acids is 1. The van der Waals surface area contributed by atoms with Gasteiger partial charge in [0.15, 0.2) is 0 Å². The first kappa shape index (κ1) is 24.7. The highest BCUT2D eigenvalue weighted by Crippen LogP contribution is 2.24. The summed E-state index contributed by atoms with van der Waals surface area (Å²) in [6, 6.07) is 15.2. The summed E-state index contributed by atoms with van der Waals surface area (Å²) in [4.78, 5) is 21.4. The van der Waals surface area contributed by atoms with Gasteiger partial charge in [0.05, 0.1) is 6.04 Å². The van der Waals surface area contributed by atoms with Crippen molar-refractivity contribution in [1.82, 2.24) is 19.9 Å². The molecule has 0 spiro atoms. The largest absolute Gasteiger partial charge is 0.399 e. The van der Waals surface area contributed by atoms with Crippen molar-refractivity contribution in [3.63, 3.8) is 0 Å². The summed E-state index contributed by atoms with van der Waals surface area (Å²) in [6.45, 7) is 6.90. The van der Waals surface area contributed by atoms with Gasteiger partial charge in [-0.2, -0.15) is 4.98 Å². The number of anilines is 1. The van der Waals surface area contributed by atoms with E-state index in [0.717, 1.165) is 18.7 Å². The highest BCUT2D eigenvalue weighted by Gasteiger charge is 2.28. The van der Waals surface area contributed by atoms with Crippen LogP contribution in [0, 0.1) is 6.92 Å². The zero-order chi connectivity index (χ0) is 20.4. The predicted molar refractivity (Wildman–Crippen MR) is 126 cm³/mol. The number of benzene rings is 2. The molecule has 7 nitrogen and oxygen atoms in total. The summed E-state index contributed by atoms with van der Waals surface area (Å²) < 4.78 is 5.52. The van der Waals surface area contributed by atoms with Crippen molar-refractivity contribution in [2.75, 3.05) is 31.9 Å². The maximum absolute atomic E-state index is 12.7. The smallest absolute Gasteiger partial charge is 0.254 e. The maximum Gasteiger partial charge on any atom is 0.254 e. The molecule has 9 heteroatoms. The van der Waals surface area contributed by atoms with Gasteiger partial charge in [-0.15, -0.1) is 24.8 Å². The van der Waals surface area contributed by atoms with Crippen LogP contribution in [-0.2, 0) is 0 Å². The van der Waals surface area contributed by atoms with Gasteiger partial charge in [0.25, 0.3) is 5.91 Å². The average molecular weight is 464 g/mol. The minimum absolute atomic E-state index is 0. The molecule has 0 aliphatic carbocycles. The van der Waals surface area contributed by atoms with E-state index >= 15 is 0 Å². The Bertz CT molecular complexity index is 1000. The Balaban J connectivity index is 0.00000171. The third kappa shape index (κ3) is 5.55. The Hall–Kier alpha value is -2.61. The number of piperazine rings is 1. The van der Waals surface area contributed by atoms with E-state index in [2.05, 4.69) is 22.0 Å². The lowest BCUT2D eigenvalue weighted by Crippen LogP contribution is -2.49. The fourth-order valence-corrected chi connectivity index (χ4v) is 3.55. The van der Waals surface area contributed by atoms with Crippen LogP contribution in [0.15, 0.2) is 53.1 Å². The zero-order valence-corrected chi connectivity index (χ0v) is 19.2. The lowest BCUT2D eigenvalue weighted by molar-refractivity contribution is 0.0551. The summed E-state index contributed by atoms with van der Waals surface area (Å²) in [5.41, 5.74) is 9.16. The Morgan fingerprint density at radius 2 is 1.74 bits per heavy atom. The predicted octanol–water partition coefficient (Wildman–Crippen LogP) is 3.99. The molecule has 166 valence electrons. The van der Waals surface area contributed by atoms with Gasteiger partial charge in [-0.3, -0.25) is 9.69 Å². The molecule has 1 aliphatic heterocycles. The van der Waals surface area contributed by atoms with E-state index in [1.807, 2.05) is 42.2 Å². The Labute approximate surface area is 194 Å². The first-order chi connectivity index (χ1) is 14.0. The van der Waals surface area contributed by atoms with E-state index in [4.69, 9.17) is 10.3 Å². The lowest BCUT2D eigenvalue weighted by atomic mass is 10.1. The molecule has 1 atom stereocenters. The van der Waals surface area contributed by atoms with E-state index in [1.165, 1.54) is 5.56 Å². The van der Waals surface area contributed by atoms with Crippen molar-refractivity contribution in [2.24, 2.45) is 0 Å². The maximum atomic E-state index is 12.7. The number of halogens is 2. The molecule has 1 saturated heterocycles. The van der Waals surface area contributed by atoms with Crippen LogP contribution in [-0.4, -0.2) is 52.0 Å². The van der Waals surface area contributed by atoms with E-state index in [0.29, 0.717) is 36.1 Å². The van der Waals surface area contributed by atoms with E-state index in [1.54, 1.807) is 18.2 Å². The molecule has 3 aromatic rings. The minimum atomic E-state index is -0.00804. The number of aryl methyl sites for hydroxylation is 1. The molecule has 1 unspecified atom stereocenters.